The second kappa shape index (κ2) is 4.54. The topological polar surface area (TPSA) is 0 Å². The van der Waals surface area contributed by atoms with E-state index in [0.29, 0.717) is 5.41 Å². The Labute approximate surface area is 113 Å². The lowest BCUT2D eigenvalue weighted by molar-refractivity contribution is 0.0452. The maximum Gasteiger partial charge on any atom is -0.00828 e. The Kier molecular flexibility index (Phi) is 3.16. The molecule has 3 aliphatic carbocycles. The maximum absolute atomic E-state index is 4.00. The van der Waals surface area contributed by atoms with Crippen molar-refractivity contribution in [3.05, 3.63) is 24.3 Å². The fourth-order valence-electron chi connectivity index (χ4n) is 5.35. The van der Waals surface area contributed by atoms with Gasteiger partial charge in [0.05, 0.1) is 0 Å². The molecule has 3 aliphatic rings. The first kappa shape index (κ1) is 12.5. The fraction of sp³-hybridized carbons (Fsp3) is 0.778. The van der Waals surface area contributed by atoms with Crippen LogP contribution in [0.4, 0.5) is 0 Å². The molecule has 18 heavy (non-hydrogen) atoms. The van der Waals surface area contributed by atoms with E-state index >= 15 is 0 Å². The van der Waals surface area contributed by atoms with Crippen molar-refractivity contribution in [2.24, 2.45) is 29.1 Å². The van der Waals surface area contributed by atoms with Gasteiger partial charge in [-0.15, -0.1) is 6.58 Å². The van der Waals surface area contributed by atoms with Crippen molar-refractivity contribution in [2.75, 3.05) is 0 Å². The molecule has 5 atom stereocenters. The summed E-state index contributed by atoms with van der Waals surface area (Å²) in [5.74, 6) is 3.55. The zero-order chi connectivity index (χ0) is 12.8. The molecular weight excluding hydrogens is 216 g/mol. The van der Waals surface area contributed by atoms with Gasteiger partial charge in [0.25, 0.3) is 0 Å². The molecule has 0 nitrogen and oxygen atoms in total. The van der Waals surface area contributed by atoms with E-state index in [4.69, 9.17) is 0 Å². The molecular formula is C18H28. The fourth-order valence-corrected chi connectivity index (χ4v) is 5.35. The summed E-state index contributed by atoms with van der Waals surface area (Å²) in [7, 11) is 0. The van der Waals surface area contributed by atoms with Gasteiger partial charge in [0, 0.05) is 0 Å². The molecule has 2 fully saturated rings. The average Bonchev–Trinajstić information content (AvgIpc) is 2.38. The highest BCUT2D eigenvalue weighted by Gasteiger charge is 2.48. The zero-order valence-electron chi connectivity index (χ0n) is 12.1. The summed E-state index contributed by atoms with van der Waals surface area (Å²) < 4.78 is 0. The van der Waals surface area contributed by atoms with Crippen LogP contribution in [-0.2, 0) is 0 Å². The molecule has 0 amide bonds. The van der Waals surface area contributed by atoms with E-state index in [9.17, 15) is 0 Å². The predicted molar refractivity (Wildman–Crippen MR) is 78.3 cm³/mol. The van der Waals surface area contributed by atoms with Crippen LogP contribution in [0.2, 0.25) is 0 Å². The number of hydrogen-bond donors (Lipinski definition) is 0. The van der Waals surface area contributed by atoms with Gasteiger partial charge in [0.15, 0.2) is 0 Å². The maximum atomic E-state index is 4.00. The Morgan fingerprint density at radius 2 is 2.17 bits per heavy atom. The number of fused-ring (bicyclic) bond motifs is 3. The highest BCUT2D eigenvalue weighted by Crippen LogP contribution is 2.59. The molecule has 0 bridgehead atoms. The van der Waals surface area contributed by atoms with Gasteiger partial charge in [-0.3, -0.25) is 0 Å². The third-order valence-electron chi connectivity index (χ3n) is 6.35. The summed E-state index contributed by atoms with van der Waals surface area (Å²) in [4.78, 5) is 0. The number of allylic oxidation sites excluding steroid dienone is 3. The van der Waals surface area contributed by atoms with Crippen molar-refractivity contribution in [1.82, 2.24) is 0 Å². The van der Waals surface area contributed by atoms with E-state index in [2.05, 4.69) is 32.6 Å². The second-order valence-corrected chi connectivity index (χ2v) is 7.29. The molecule has 2 saturated carbocycles. The molecule has 100 valence electrons. The van der Waals surface area contributed by atoms with E-state index in [1.54, 1.807) is 0 Å². The van der Waals surface area contributed by atoms with Crippen LogP contribution in [-0.4, -0.2) is 0 Å². The highest BCUT2D eigenvalue weighted by molar-refractivity contribution is 5.25. The molecule has 0 radical (unpaired) electrons. The van der Waals surface area contributed by atoms with Gasteiger partial charge in [0.2, 0.25) is 0 Å². The molecule has 0 heterocycles. The Morgan fingerprint density at radius 1 is 1.33 bits per heavy atom. The molecule has 0 saturated heterocycles. The van der Waals surface area contributed by atoms with E-state index < -0.39 is 0 Å². The molecule has 0 N–H and O–H groups in total. The van der Waals surface area contributed by atoms with Crippen molar-refractivity contribution in [3.63, 3.8) is 0 Å². The van der Waals surface area contributed by atoms with E-state index in [1.165, 1.54) is 44.9 Å². The van der Waals surface area contributed by atoms with Crippen LogP contribution in [0.3, 0.4) is 0 Å². The molecule has 0 spiro atoms. The van der Waals surface area contributed by atoms with Gasteiger partial charge in [-0.05, 0) is 61.2 Å². The molecule has 0 aromatic heterocycles. The minimum atomic E-state index is 0.548. The summed E-state index contributed by atoms with van der Waals surface area (Å²) in [5, 5.41) is 0. The smallest absolute Gasteiger partial charge is 0.00828 e. The standard InChI is InChI=1S/C18H28/c1-4-14-7-9-17-15(12-14)8-10-16-13(2)6-5-11-18(16,17)3/h4,9,13-16H,1,5-8,10-12H2,2-3H3/t13?,14-,15?,16?,18+/m0/s1. The van der Waals surface area contributed by atoms with Gasteiger partial charge >= 0.3 is 0 Å². The van der Waals surface area contributed by atoms with Crippen molar-refractivity contribution >= 4 is 0 Å². The third kappa shape index (κ3) is 1.80. The van der Waals surface area contributed by atoms with Crippen molar-refractivity contribution in [1.29, 1.82) is 0 Å². The van der Waals surface area contributed by atoms with Crippen LogP contribution in [0.1, 0.15) is 58.8 Å². The molecule has 0 aliphatic heterocycles. The number of rotatable bonds is 1. The monoisotopic (exact) mass is 244 g/mol. The zero-order valence-corrected chi connectivity index (χ0v) is 12.1. The first-order valence-electron chi connectivity index (χ1n) is 7.98. The summed E-state index contributed by atoms with van der Waals surface area (Å²) in [6.45, 7) is 9.08. The first-order valence-corrected chi connectivity index (χ1v) is 7.98. The number of hydrogen-bond acceptors (Lipinski definition) is 0. The molecule has 0 aromatic carbocycles. The minimum absolute atomic E-state index is 0.548. The molecule has 0 heteroatoms. The molecule has 0 aromatic rings. The second-order valence-electron chi connectivity index (χ2n) is 7.29. The minimum Gasteiger partial charge on any atom is -0.103 e. The van der Waals surface area contributed by atoms with Gasteiger partial charge in [-0.1, -0.05) is 44.4 Å². The van der Waals surface area contributed by atoms with Crippen molar-refractivity contribution < 1.29 is 0 Å². The van der Waals surface area contributed by atoms with Crippen LogP contribution in [0.25, 0.3) is 0 Å². The van der Waals surface area contributed by atoms with Gasteiger partial charge in [-0.2, -0.15) is 0 Å². The van der Waals surface area contributed by atoms with Crippen molar-refractivity contribution in [3.8, 4) is 0 Å². The first-order chi connectivity index (χ1) is 8.65. The predicted octanol–water partition coefficient (Wildman–Crippen LogP) is 5.36. The van der Waals surface area contributed by atoms with E-state index in [0.717, 1.165) is 23.7 Å². The van der Waals surface area contributed by atoms with Gasteiger partial charge in [-0.25, -0.2) is 0 Å². The van der Waals surface area contributed by atoms with Crippen LogP contribution in [0, 0.1) is 29.1 Å². The molecule has 3 rings (SSSR count). The van der Waals surface area contributed by atoms with Crippen LogP contribution >= 0.6 is 0 Å². The van der Waals surface area contributed by atoms with Crippen LogP contribution in [0.15, 0.2) is 24.3 Å². The van der Waals surface area contributed by atoms with Gasteiger partial charge in [0.1, 0.15) is 0 Å². The Morgan fingerprint density at radius 3 is 2.94 bits per heavy atom. The highest BCUT2D eigenvalue weighted by atomic mass is 14.5. The third-order valence-corrected chi connectivity index (χ3v) is 6.35. The van der Waals surface area contributed by atoms with Crippen LogP contribution in [0.5, 0.6) is 0 Å². The van der Waals surface area contributed by atoms with Crippen LogP contribution < -0.4 is 0 Å². The molecule has 3 unspecified atom stereocenters. The largest absolute Gasteiger partial charge is 0.103 e. The lowest BCUT2D eigenvalue weighted by Crippen LogP contribution is -2.44. The SMILES string of the molecule is C=C[C@H]1CC=C2C(CCC3C(C)CCC[C@@]23C)C1. The lowest BCUT2D eigenvalue weighted by Gasteiger charge is -2.54. The van der Waals surface area contributed by atoms with Gasteiger partial charge < -0.3 is 0 Å². The normalized spacial score (nSPS) is 47.8. The summed E-state index contributed by atoms with van der Waals surface area (Å²) >= 11 is 0. The quantitative estimate of drug-likeness (QED) is 0.545. The summed E-state index contributed by atoms with van der Waals surface area (Å²) in [6.07, 6.45) is 14.7. The Hall–Kier alpha value is -0.520. The summed E-state index contributed by atoms with van der Waals surface area (Å²) in [6, 6.07) is 0. The lowest BCUT2D eigenvalue weighted by atomic mass is 9.51. The van der Waals surface area contributed by atoms with E-state index in [1.807, 2.05) is 5.57 Å². The van der Waals surface area contributed by atoms with Crippen molar-refractivity contribution in [2.45, 2.75) is 58.8 Å². The summed E-state index contributed by atoms with van der Waals surface area (Å²) in [5.41, 5.74) is 2.40. The van der Waals surface area contributed by atoms with E-state index in [-0.39, 0.29) is 0 Å². The average molecular weight is 244 g/mol. The Bertz CT molecular complexity index is 364. The Balaban J connectivity index is 1.91.